The summed E-state index contributed by atoms with van der Waals surface area (Å²) in [6.45, 7) is 11.8. The topological polar surface area (TPSA) is 0 Å². The van der Waals surface area contributed by atoms with Crippen LogP contribution in [-0.2, 0) is 26.2 Å². The van der Waals surface area contributed by atoms with Gasteiger partial charge in [-0.05, 0) is 13.8 Å². The van der Waals surface area contributed by atoms with Crippen LogP contribution in [0.2, 0.25) is 0 Å². The van der Waals surface area contributed by atoms with Crippen molar-refractivity contribution in [2.75, 3.05) is 0 Å². The van der Waals surface area contributed by atoms with E-state index in [1.807, 2.05) is 24.3 Å². The van der Waals surface area contributed by atoms with Gasteiger partial charge in [-0.2, -0.15) is 37.5 Å². The van der Waals surface area contributed by atoms with Gasteiger partial charge in [-0.25, -0.2) is 0 Å². The average molecular weight is 497 g/mol. The van der Waals surface area contributed by atoms with Crippen LogP contribution in [0.5, 0.6) is 0 Å². The van der Waals surface area contributed by atoms with Crippen molar-refractivity contribution in [1.29, 1.82) is 0 Å². The third-order valence-corrected chi connectivity index (χ3v) is 4.22. The normalized spacial score (nSPS) is 13.3. The molecule has 0 saturated carbocycles. The maximum absolute atomic E-state index is 3.83. The number of allylic oxidation sites excluding steroid dienone is 10. The van der Waals surface area contributed by atoms with E-state index in [4.69, 9.17) is 0 Å². The second-order valence-corrected chi connectivity index (χ2v) is 6.53. The minimum absolute atomic E-state index is 0. The first kappa shape index (κ1) is 27.3. The van der Waals surface area contributed by atoms with Gasteiger partial charge in [0.2, 0.25) is 0 Å². The van der Waals surface area contributed by atoms with Crippen molar-refractivity contribution in [2.45, 2.75) is 13.8 Å². The molecule has 4 rings (SSSR count). The number of benzene rings is 2. The summed E-state index contributed by atoms with van der Waals surface area (Å²) in [4.78, 5) is 0. The average Bonchev–Trinajstić information content (AvgIpc) is 3.25. The van der Waals surface area contributed by atoms with Gasteiger partial charge in [0.15, 0.2) is 0 Å². The van der Waals surface area contributed by atoms with Gasteiger partial charge < -0.3 is 24.8 Å². The van der Waals surface area contributed by atoms with Crippen LogP contribution in [-0.4, -0.2) is 0 Å². The van der Waals surface area contributed by atoms with E-state index < -0.39 is 0 Å². The summed E-state index contributed by atoms with van der Waals surface area (Å²) in [7, 11) is 0. The number of rotatable bonds is 2. The Hall–Kier alpha value is -1.66. The molecular formula is C26H22Cl2Zr. The summed E-state index contributed by atoms with van der Waals surface area (Å²) >= 11 is 0. The summed E-state index contributed by atoms with van der Waals surface area (Å²) in [6.07, 6.45) is 14.5. The molecule has 0 heterocycles. The maximum Gasteiger partial charge on any atom is 4.00 e. The molecule has 0 aliphatic heterocycles. The van der Waals surface area contributed by atoms with Gasteiger partial charge in [-0.1, -0.05) is 70.8 Å². The Balaban J connectivity index is 0.000000490. The molecular weight excluding hydrogens is 474 g/mol. The molecule has 0 amide bonds. The first-order valence-electron chi connectivity index (χ1n) is 8.67. The molecule has 2 aromatic rings. The zero-order valence-corrected chi connectivity index (χ0v) is 20.6. The molecule has 144 valence electrons. The third-order valence-electron chi connectivity index (χ3n) is 4.22. The standard InChI is InChI=1S/2C13H11.2ClH.Zr/c2*1-10-3-6-12(7-4-10)13-8-5-11(2)9-13;;;/h2*3-8H,2H2,1H3;2*1H;/q2*-1;;;+4/p-2. The number of halogens is 2. The van der Waals surface area contributed by atoms with E-state index in [2.05, 4.69) is 87.7 Å². The molecule has 0 fully saturated rings. The Kier molecular flexibility index (Phi) is 12.1. The van der Waals surface area contributed by atoms with Gasteiger partial charge in [0, 0.05) is 0 Å². The van der Waals surface area contributed by atoms with Crippen LogP contribution in [0.3, 0.4) is 0 Å². The first-order chi connectivity index (χ1) is 12.5. The fraction of sp³-hybridized carbons (Fsp3) is 0.0769. The predicted molar refractivity (Wildman–Crippen MR) is 112 cm³/mol. The minimum atomic E-state index is 0. The maximum atomic E-state index is 3.83. The van der Waals surface area contributed by atoms with Crippen molar-refractivity contribution in [3.05, 3.63) is 132 Å². The first-order valence-corrected chi connectivity index (χ1v) is 8.67. The second kappa shape index (κ2) is 12.8. The van der Waals surface area contributed by atoms with E-state index in [1.54, 1.807) is 0 Å². The van der Waals surface area contributed by atoms with Gasteiger partial charge in [-0.3, -0.25) is 0 Å². The zero-order chi connectivity index (χ0) is 18.5. The predicted octanol–water partition coefficient (Wildman–Crippen LogP) is 0.621. The fourth-order valence-corrected chi connectivity index (χ4v) is 2.68. The van der Waals surface area contributed by atoms with Crippen molar-refractivity contribution in [2.24, 2.45) is 0 Å². The summed E-state index contributed by atoms with van der Waals surface area (Å²) < 4.78 is 0. The Bertz CT molecular complexity index is 875. The SMILES string of the molecule is C=C1[C-]=C(c2ccc(C)cc2)C=C1.C=C1[C-]=C(c2ccc(C)cc2)C=C1.[Cl-].[Cl-].[Zr+4]. The summed E-state index contributed by atoms with van der Waals surface area (Å²) in [5.41, 5.74) is 9.15. The van der Waals surface area contributed by atoms with E-state index in [1.165, 1.54) is 22.3 Å². The molecule has 0 aromatic heterocycles. The third kappa shape index (κ3) is 7.94. The molecule has 0 spiro atoms. The van der Waals surface area contributed by atoms with Crippen LogP contribution in [0.4, 0.5) is 0 Å². The summed E-state index contributed by atoms with van der Waals surface area (Å²) in [5.74, 6) is 0. The monoisotopic (exact) mass is 494 g/mol. The Morgan fingerprint density at radius 1 is 0.552 bits per heavy atom. The number of hydrogen-bond acceptors (Lipinski definition) is 0. The summed E-state index contributed by atoms with van der Waals surface area (Å²) in [6, 6.07) is 16.9. The van der Waals surface area contributed by atoms with Crippen molar-refractivity contribution in [1.82, 2.24) is 0 Å². The van der Waals surface area contributed by atoms with Gasteiger partial charge in [0.25, 0.3) is 0 Å². The summed E-state index contributed by atoms with van der Waals surface area (Å²) in [5, 5.41) is 0. The molecule has 0 nitrogen and oxygen atoms in total. The van der Waals surface area contributed by atoms with Gasteiger partial charge in [-0.15, -0.1) is 34.4 Å². The molecule has 2 aliphatic rings. The fourth-order valence-electron chi connectivity index (χ4n) is 2.68. The Morgan fingerprint density at radius 2 is 0.862 bits per heavy atom. The molecule has 0 bridgehead atoms. The number of aryl methyl sites for hydroxylation is 2. The van der Waals surface area contributed by atoms with Crippen molar-refractivity contribution in [3.8, 4) is 0 Å². The van der Waals surface area contributed by atoms with Gasteiger partial charge in [0.1, 0.15) is 0 Å². The molecule has 0 radical (unpaired) electrons. The second-order valence-electron chi connectivity index (χ2n) is 6.53. The molecule has 29 heavy (non-hydrogen) atoms. The largest absolute Gasteiger partial charge is 4.00 e. The quantitative estimate of drug-likeness (QED) is 0.535. The van der Waals surface area contributed by atoms with Crippen molar-refractivity contribution >= 4 is 11.1 Å². The van der Waals surface area contributed by atoms with Crippen LogP contribution in [0.15, 0.2) is 97.1 Å². The van der Waals surface area contributed by atoms with Crippen molar-refractivity contribution < 1.29 is 51.0 Å². The van der Waals surface area contributed by atoms with Crippen LogP contribution in [0, 0.1) is 26.0 Å². The van der Waals surface area contributed by atoms with Gasteiger partial charge in [0.05, 0.1) is 0 Å². The van der Waals surface area contributed by atoms with Crippen molar-refractivity contribution in [3.63, 3.8) is 0 Å². The van der Waals surface area contributed by atoms with Crippen LogP contribution < -0.4 is 24.8 Å². The van der Waals surface area contributed by atoms with Crippen LogP contribution in [0.25, 0.3) is 11.1 Å². The van der Waals surface area contributed by atoms with Crippen LogP contribution >= 0.6 is 0 Å². The molecule has 3 heteroatoms. The molecule has 2 aromatic carbocycles. The number of hydrogen-bond donors (Lipinski definition) is 0. The smallest absolute Gasteiger partial charge is 1.00 e. The van der Waals surface area contributed by atoms with E-state index in [0.29, 0.717) is 0 Å². The molecule has 2 aliphatic carbocycles. The van der Waals surface area contributed by atoms with E-state index in [-0.39, 0.29) is 51.0 Å². The molecule has 0 N–H and O–H groups in total. The molecule has 0 unspecified atom stereocenters. The Labute approximate surface area is 206 Å². The van der Waals surface area contributed by atoms with Gasteiger partial charge >= 0.3 is 26.2 Å². The Morgan fingerprint density at radius 3 is 1.10 bits per heavy atom. The van der Waals surface area contributed by atoms with E-state index >= 15 is 0 Å². The van der Waals surface area contributed by atoms with Crippen LogP contribution in [0.1, 0.15) is 22.3 Å². The molecule has 0 saturated heterocycles. The van der Waals surface area contributed by atoms with E-state index in [0.717, 1.165) is 22.3 Å². The minimum Gasteiger partial charge on any atom is -1.00 e. The molecule has 0 atom stereocenters. The van der Waals surface area contributed by atoms with E-state index in [9.17, 15) is 0 Å². The zero-order valence-electron chi connectivity index (χ0n) is 16.6.